The minimum atomic E-state index is -0.0571. The summed E-state index contributed by atoms with van der Waals surface area (Å²) in [5, 5.41) is 2.98. The molecule has 0 unspecified atom stereocenters. The molecule has 3 aromatic rings. The summed E-state index contributed by atoms with van der Waals surface area (Å²) in [6.45, 7) is 2.00. The summed E-state index contributed by atoms with van der Waals surface area (Å²) in [5.74, 6) is 1.39. The molecule has 0 spiro atoms. The number of benzene rings is 3. The van der Waals surface area contributed by atoms with E-state index < -0.39 is 0 Å². The molecular formula is C24H24N2O3. The number of carbonyl (C=O) groups excluding carboxylic acids is 1. The molecule has 0 bridgehead atoms. The summed E-state index contributed by atoms with van der Waals surface area (Å²) < 4.78 is 11.5. The van der Waals surface area contributed by atoms with Crippen molar-refractivity contribution in [3.05, 3.63) is 84.4 Å². The van der Waals surface area contributed by atoms with Gasteiger partial charge in [-0.2, -0.15) is 0 Å². The first-order valence-electron chi connectivity index (χ1n) is 9.82. The molecular weight excluding hydrogens is 364 g/mol. The predicted molar refractivity (Wildman–Crippen MR) is 115 cm³/mol. The number of anilines is 2. The molecule has 0 radical (unpaired) electrons. The summed E-state index contributed by atoms with van der Waals surface area (Å²) in [4.78, 5) is 14.7. The molecule has 5 nitrogen and oxygen atoms in total. The molecule has 148 valence electrons. The Morgan fingerprint density at radius 2 is 1.59 bits per heavy atom. The number of hydrogen-bond donors (Lipinski definition) is 1. The largest absolute Gasteiger partial charge is 0.490 e. The Bertz CT molecular complexity index is 959. The minimum absolute atomic E-state index is 0.0571. The Hall–Kier alpha value is -3.47. The van der Waals surface area contributed by atoms with Crippen LogP contribution in [0.25, 0.3) is 0 Å². The molecule has 1 N–H and O–H groups in total. The van der Waals surface area contributed by atoms with Crippen LogP contribution in [0.1, 0.15) is 5.56 Å². The Morgan fingerprint density at radius 1 is 0.862 bits per heavy atom. The molecule has 0 aromatic heterocycles. The quantitative estimate of drug-likeness (QED) is 0.589. The lowest BCUT2D eigenvalue weighted by atomic mass is 10.2. The molecule has 1 amide bonds. The molecule has 0 aliphatic carbocycles. The first-order chi connectivity index (χ1) is 14.3. The summed E-state index contributed by atoms with van der Waals surface area (Å²) in [6, 6.07) is 25.3. The van der Waals surface area contributed by atoms with Crippen molar-refractivity contribution in [1.82, 2.24) is 0 Å². The van der Waals surface area contributed by atoms with E-state index in [9.17, 15) is 4.79 Å². The third-order valence-corrected chi connectivity index (χ3v) is 4.83. The molecule has 1 heterocycles. The Balaban J connectivity index is 1.30. The molecule has 0 saturated heterocycles. The van der Waals surface area contributed by atoms with Crippen LogP contribution in [0.15, 0.2) is 78.9 Å². The van der Waals surface area contributed by atoms with Gasteiger partial charge in [-0.3, -0.25) is 4.79 Å². The number of ether oxygens (including phenoxy) is 2. The highest BCUT2D eigenvalue weighted by Crippen LogP contribution is 2.28. The van der Waals surface area contributed by atoms with E-state index in [1.165, 1.54) is 5.56 Å². The fourth-order valence-corrected chi connectivity index (χ4v) is 3.46. The summed E-state index contributed by atoms with van der Waals surface area (Å²) in [5.41, 5.74) is 3.11. The minimum Gasteiger partial charge on any atom is -0.490 e. The first kappa shape index (κ1) is 18.9. The third-order valence-electron chi connectivity index (χ3n) is 4.83. The van der Waals surface area contributed by atoms with E-state index in [0.717, 1.165) is 24.4 Å². The van der Waals surface area contributed by atoms with E-state index in [0.29, 0.717) is 31.2 Å². The molecule has 0 fully saturated rings. The van der Waals surface area contributed by atoms with Gasteiger partial charge in [0, 0.05) is 12.2 Å². The Labute approximate surface area is 170 Å². The van der Waals surface area contributed by atoms with Crippen LogP contribution in [0, 0.1) is 0 Å². The van der Waals surface area contributed by atoms with Crippen molar-refractivity contribution >= 4 is 17.3 Å². The normalized spacial score (nSPS) is 12.3. The van der Waals surface area contributed by atoms with Crippen molar-refractivity contribution in [3.63, 3.8) is 0 Å². The second-order valence-electron chi connectivity index (χ2n) is 6.85. The van der Waals surface area contributed by atoms with Crippen LogP contribution in [0.5, 0.6) is 11.5 Å². The van der Waals surface area contributed by atoms with Gasteiger partial charge < -0.3 is 19.7 Å². The zero-order chi connectivity index (χ0) is 19.9. The van der Waals surface area contributed by atoms with Gasteiger partial charge in [0.05, 0.1) is 12.2 Å². The van der Waals surface area contributed by atoms with Crippen LogP contribution in [-0.4, -0.2) is 32.2 Å². The fourth-order valence-electron chi connectivity index (χ4n) is 3.46. The standard InChI is InChI=1S/C24H24N2O3/c27-24(18-26-15-14-19-8-4-6-12-22(19)26)25-21-11-5-7-13-23(21)29-17-16-28-20-9-2-1-3-10-20/h1-13H,14-18H2,(H,25,27). The highest BCUT2D eigenvalue weighted by atomic mass is 16.5. The lowest BCUT2D eigenvalue weighted by Gasteiger charge is -2.19. The lowest BCUT2D eigenvalue weighted by molar-refractivity contribution is -0.115. The van der Waals surface area contributed by atoms with Gasteiger partial charge in [0.15, 0.2) is 0 Å². The van der Waals surface area contributed by atoms with E-state index in [2.05, 4.69) is 22.3 Å². The van der Waals surface area contributed by atoms with Crippen LogP contribution >= 0.6 is 0 Å². The van der Waals surface area contributed by atoms with Crippen LogP contribution in [-0.2, 0) is 11.2 Å². The number of nitrogens with zero attached hydrogens (tertiary/aromatic N) is 1. The molecule has 5 heteroatoms. The highest BCUT2D eigenvalue weighted by Gasteiger charge is 2.20. The number of amides is 1. The topological polar surface area (TPSA) is 50.8 Å². The predicted octanol–water partition coefficient (Wildman–Crippen LogP) is 4.15. The molecule has 0 saturated carbocycles. The van der Waals surface area contributed by atoms with Gasteiger partial charge in [0.2, 0.25) is 5.91 Å². The zero-order valence-electron chi connectivity index (χ0n) is 16.2. The average Bonchev–Trinajstić information content (AvgIpc) is 3.16. The maximum absolute atomic E-state index is 12.6. The van der Waals surface area contributed by atoms with Gasteiger partial charge >= 0.3 is 0 Å². The SMILES string of the molecule is O=C(CN1CCc2ccccc21)Nc1ccccc1OCCOc1ccccc1. The zero-order valence-corrected chi connectivity index (χ0v) is 16.2. The molecule has 1 aliphatic rings. The Kier molecular flexibility index (Phi) is 5.95. The van der Waals surface area contributed by atoms with Crippen LogP contribution in [0.3, 0.4) is 0 Å². The molecule has 0 atom stereocenters. The van der Waals surface area contributed by atoms with Gasteiger partial charge in [0.25, 0.3) is 0 Å². The van der Waals surface area contributed by atoms with E-state index in [-0.39, 0.29) is 5.91 Å². The maximum atomic E-state index is 12.6. The van der Waals surface area contributed by atoms with Crippen molar-refractivity contribution in [1.29, 1.82) is 0 Å². The first-order valence-corrected chi connectivity index (χ1v) is 9.82. The summed E-state index contributed by atoms with van der Waals surface area (Å²) in [6.07, 6.45) is 0.977. The van der Waals surface area contributed by atoms with Crippen LogP contribution in [0.4, 0.5) is 11.4 Å². The number of para-hydroxylation sites is 4. The van der Waals surface area contributed by atoms with E-state index in [1.807, 2.05) is 66.7 Å². The smallest absolute Gasteiger partial charge is 0.243 e. The van der Waals surface area contributed by atoms with E-state index in [4.69, 9.17) is 9.47 Å². The number of hydrogen-bond acceptors (Lipinski definition) is 4. The summed E-state index contributed by atoms with van der Waals surface area (Å²) in [7, 11) is 0. The average molecular weight is 388 g/mol. The molecule has 3 aromatic carbocycles. The number of fused-ring (bicyclic) bond motifs is 1. The molecule has 1 aliphatic heterocycles. The van der Waals surface area contributed by atoms with Crippen LogP contribution in [0.2, 0.25) is 0 Å². The third kappa shape index (κ3) is 4.88. The van der Waals surface area contributed by atoms with Crippen molar-refractivity contribution in [2.45, 2.75) is 6.42 Å². The van der Waals surface area contributed by atoms with Crippen molar-refractivity contribution in [2.75, 3.05) is 36.5 Å². The fraction of sp³-hybridized carbons (Fsp3) is 0.208. The second kappa shape index (κ2) is 9.15. The lowest BCUT2D eigenvalue weighted by Crippen LogP contribution is -2.32. The second-order valence-corrected chi connectivity index (χ2v) is 6.85. The van der Waals surface area contributed by atoms with Gasteiger partial charge in [-0.25, -0.2) is 0 Å². The van der Waals surface area contributed by atoms with Crippen molar-refractivity contribution < 1.29 is 14.3 Å². The number of nitrogens with one attached hydrogen (secondary N) is 1. The monoisotopic (exact) mass is 388 g/mol. The Morgan fingerprint density at radius 3 is 2.48 bits per heavy atom. The van der Waals surface area contributed by atoms with E-state index in [1.54, 1.807) is 0 Å². The van der Waals surface area contributed by atoms with Gasteiger partial charge in [-0.1, -0.05) is 48.5 Å². The van der Waals surface area contributed by atoms with Gasteiger partial charge in [0.1, 0.15) is 24.7 Å². The van der Waals surface area contributed by atoms with Crippen LogP contribution < -0.4 is 19.7 Å². The number of carbonyl (C=O) groups is 1. The highest BCUT2D eigenvalue weighted by molar-refractivity contribution is 5.95. The maximum Gasteiger partial charge on any atom is 0.243 e. The van der Waals surface area contributed by atoms with E-state index >= 15 is 0 Å². The van der Waals surface area contributed by atoms with Crippen molar-refractivity contribution in [3.8, 4) is 11.5 Å². The van der Waals surface area contributed by atoms with Gasteiger partial charge in [-0.15, -0.1) is 0 Å². The molecule has 4 rings (SSSR count). The summed E-state index contributed by atoms with van der Waals surface area (Å²) >= 11 is 0. The van der Waals surface area contributed by atoms with Crippen molar-refractivity contribution in [2.24, 2.45) is 0 Å². The number of rotatable bonds is 8. The van der Waals surface area contributed by atoms with Gasteiger partial charge in [-0.05, 0) is 42.3 Å². The molecule has 29 heavy (non-hydrogen) atoms.